The first kappa shape index (κ1) is 26.9. The lowest BCUT2D eigenvalue weighted by molar-refractivity contribution is -0.258. The summed E-state index contributed by atoms with van der Waals surface area (Å²) in [5, 5.41) is 14.5. The Morgan fingerprint density at radius 1 is 1.17 bits per heavy atom. The molecule has 1 amide bonds. The van der Waals surface area contributed by atoms with Crippen LogP contribution in [0.3, 0.4) is 0 Å². The molecule has 0 unspecified atom stereocenters. The Bertz CT molecular complexity index is 1170. The lowest BCUT2D eigenvalue weighted by Crippen LogP contribution is -2.62. The van der Waals surface area contributed by atoms with Crippen molar-refractivity contribution in [1.82, 2.24) is 14.5 Å². The molecular weight excluding hydrogens is 517 g/mol. The molecule has 0 radical (unpaired) electrons. The molecule has 2 aromatic rings. The van der Waals surface area contributed by atoms with Gasteiger partial charge in [-0.05, 0) is 43.0 Å². The fourth-order valence-electron chi connectivity index (χ4n) is 4.52. The normalized spacial score (nSPS) is 24.4. The number of nitrogens with one attached hydrogen (secondary N) is 1. The maximum Gasteiger partial charge on any atom is 0.421 e. The van der Waals surface area contributed by atoms with Crippen molar-refractivity contribution in [3.63, 3.8) is 0 Å². The van der Waals surface area contributed by atoms with E-state index in [1.54, 1.807) is 17.5 Å². The number of aliphatic hydroxyl groups is 1. The van der Waals surface area contributed by atoms with Crippen molar-refractivity contribution < 1.29 is 31.5 Å². The van der Waals surface area contributed by atoms with Crippen molar-refractivity contribution in [2.45, 2.75) is 41.9 Å². The summed E-state index contributed by atoms with van der Waals surface area (Å²) in [6, 6.07) is 8.43. The molecule has 2 saturated heterocycles. The maximum absolute atomic E-state index is 13.3. The molecule has 2 aliphatic rings. The second kappa shape index (κ2) is 9.93. The number of carbonyl (C=O) groups is 1. The molecule has 0 bridgehead atoms. The van der Waals surface area contributed by atoms with E-state index in [2.05, 4.69) is 5.32 Å². The molecule has 198 valence electrons. The van der Waals surface area contributed by atoms with E-state index in [4.69, 9.17) is 0 Å². The summed E-state index contributed by atoms with van der Waals surface area (Å²) < 4.78 is 67.9. The Balaban J connectivity index is 1.61. The van der Waals surface area contributed by atoms with Crippen molar-refractivity contribution in [1.29, 1.82) is 0 Å². The summed E-state index contributed by atoms with van der Waals surface area (Å²) in [5.41, 5.74) is -2.66. The van der Waals surface area contributed by atoms with Gasteiger partial charge in [0.25, 0.3) is 10.0 Å². The number of benzene rings is 1. The Kier molecular flexibility index (Phi) is 7.41. The zero-order valence-corrected chi connectivity index (χ0v) is 21.5. The predicted octanol–water partition coefficient (Wildman–Crippen LogP) is 2.22. The number of amides is 1. The molecule has 2 N–H and O–H groups in total. The van der Waals surface area contributed by atoms with Crippen LogP contribution in [0.1, 0.15) is 19.4 Å². The third kappa shape index (κ3) is 5.25. The van der Waals surface area contributed by atoms with Crippen LogP contribution in [0.2, 0.25) is 0 Å². The van der Waals surface area contributed by atoms with E-state index < -0.39 is 21.8 Å². The molecule has 8 nitrogen and oxygen atoms in total. The van der Waals surface area contributed by atoms with Gasteiger partial charge in [-0.15, -0.1) is 11.3 Å². The Labute approximate surface area is 212 Å². The van der Waals surface area contributed by atoms with E-state index in [0.29, 0.717) is 32.2 Å². The van der Waals surface area contributed by atoms with Gasteiger partial charge in [0, 0.05) is 44.5 Å². The number of rotatable bonds is 6. The van der Waals surface area contributed by atoms with Crippen LogP contribution < -0.4 is 10.2 Å². The number of hydrogen-bond acceptors (Lipinski definition) is 7. The Hall–Kier alpha value is -2.19. The number of thiophene rings is 1. The second-order valence-corrected chi connectivity index (χ2v) is 12.5. The minimum absolute atomic E-state index is 0.0399. The van der Waals surface area contributed by atoms with Crippen LogP contribution in [-0.2, 0) is 20.4 Å². The third-order valence-electron chi connectivity index (χ3n) is 6.86. The fraction of sp³-hybridized carbons (Fsp3) is 0.522. The monoisotopic (exact) mass is 546 g/mol. The molecule has 4 rings (SSSR count). The Morgan fingerprint density at radius 3 is 2.47 bits per heavy atom. The van der Waals surface area contributed by atoms with Crippen LogP contribution in [0.4, 0.5) is 18.9 Å². The highest BCUT2D eigenvalue weighted by Crippen LogP contribution is 2.39. The highest BCUT2D eigenvalue weighted by atomic mass is 32.2. The van der Waals surface area contributed by atoms with Crippen molar-refractivity contribution in [3.8, 4) is 0 Å². The molecule has 0 spiro atoms. The van der Waals surface area contributed by atoms with Crippen molar-refractivity contribution in [3.05, 3.63) is 47.3 Å². The van der Waals surface area contributed by atoms with Crippen LogP contribution in [-0.4, -0.2) is 86.2 Å². The largest absolute Gasteiger partial charge is 0.421 e. The second-order valence-electron chi connectivity index (χ2n) is 9.34. The topological polar surface area (TPSA) is 93.2 Å². The van der Waals surface area contributed by atoms with E-state index in [0.717, 1.165) is 11.3 Å². The number of anilines is 1. The van der Waals surface area contributed by atoms with E-state index in [1.807, 2.05) is 16.7 Å². The zero-order chi connectivity index (χ0) is 26.3. The van der Waals surface area contributed by atoms with Crippen LogP contribution in [0, 0.1) is 0 Å². The van der Waals surface area contributed by atoms with Gasteiger partial charge in [-0.25, -0.2) is 8.42 Å². The number of carbonyl (C=O) groups excluding carboxylic acids is 1. The first-order valence-electron chi connectivity index (χ1n) is 11.5. The average Bonchev–Trinajstić information content (AvgIpc) is 3.37. The zero-order valence-electron chi connectivity index (χ0n) is 19.9. The molecule has 0 aliphatic carbocycles. The van der Waals surface area contributed by atoms with E-state index in [1.165, 1.54) is 28.6 Å². The summed E-state index contributed by atoms with van der Waals surface area (Å²) in [4.78, 5) is 16.0. The molecular formula is C23H29F3N4O4S2. The molecule has 3 atom stereocenters. The number of sulfonamides is 1. The first-order chi connectivity index (χ1) is 16.8. The van der Waals surface area contributed by atoms with E-state index in [-0.39, 0.29) is 47.4 Å². The minimum atomic E-state index is -4.83. The molecule has 13 heteroatoms. The molecule has 1 aromatic heterocycles. The van der Waals surface area contributed by atoms with Gasteiger partial charge in [-0.2, -0.15) is 17.5 Å². The summed E-state index contributed by atoms with van der Waals surface area (Å²) in [5.74, 6) is -0.114. The molecule has 1 aromatic carbocycles. The SMILES string of the molecule is C[C@H]1CNC(=O)CN1C[C@H]1CN(S(=O)(=O)c2cccs2)CCN1c1ccc([C@](C)(O)C(F)(F)F)cc1. The van der Waals surface area contributed by atoms with Gasteiger partial charge in [-0.1, -0.05) is 18.2 Å². The molecule has 0 saturated carbocycles. The number of piperazine rings is 2. The van der Waals surface area contributed by atoms with Crippen molar-refractivity contribution >= 4 is 33.0 Å². The smallest absolute Gasteiger partial charge is 0.376 e. The summed E-state index contributed by atoms with van der Waals surface area (Å²) in [6.45, 7) is 4.41. The summed E-state index contributed by atoms with van der Waals surface area (Å²) in [6.07, 6.45) is -4.83. The molecule has 36 heavy (non-hydrogen) atoms. The molecule has 3 heterocycles. The van der Waals surface area contributed by atoms with Gasteiger partial charge < -0.3 is 15.3 Å². The van der Waals surface area contributed by atoms with Gasteiger partial charge in [0.1, 0.15) is 4.21 Å². The number of hydrogen-bond donors (Lipinski definition) is 2. The van der Waals surface area contributed by atoms with Gasteiger partial charge in [0.15, 0.2) is 5.60 Å². The van der Waals surface area contributed by atoms with Crippen LogP contribution in [0.5, 0.6) is 0 Å². The van der Waals surface area contributed by atoms with Crippen molar-refractivity contribution in [2.24, 2.45) is 0 Å². The lowest BCUT2D eigenvalue weighted by atomic mass is 9.95. The van der Waals surface area contributed by atoms with Gasteiger partial charge >= 0.3 is 6.18 Å². The lowest BCUT2D eigenvalue weighted by Gasteiger charge is -2.45. The standard InChI is InChI=1S/C23H29F3N4O4S2/c1-16-12-27-20(31)15-28(16)13-19-14-29(36(33,34)21-4-3-11-35-21)9-10-30(19)18-7-5-17(6-8-18)22(2,32)23(24,25)26/h3-8,11,16,19,32H,9-10,12-15H2,1-2H3,(H,27,31)/t16-,19-,22-/m0/s1. The van der Waals surface area contributed by atoms with Gasteiger partial charge in [-0.3, -0.25) is 9.69 Å². The summed E-state index contributed by atoms with van der Waals surface area (Å²) in [7, 11) is -3.70. The summed E-state index contributed by atoms with van der Waals surface area (Å²) >= 11 is 1.14. The number of alkyl halides is 3. The quantitative estimate of drug-likeness (QED) is 0.578. The first-order valence-corrected chi connectivity index (χ1v) is 13.8. The fourth-order valence-corrected chi connectivity index (χ4v) is 7.13. The Morgan fingerprint density at radius 2 is 1.86 bits per heavy atom. The number of halogens is 3. The molecule has 2 fully saturated rings. The minimum Gasteiger partial charge on any atom is -0.376 e. The van der Waals surface area contributed by atoms with E-state index in [9.17, 15) is 31.5 Å². The van der Waals surface area contributed by atoms with E-state index >= 15 is 0 Å². The molecule has 2 aliphatic heterocycles. The van der Waals surface area contributed by atoms with Gasteiger partial charge in [0.2, 0.25) is 5.91 Å². The van der Waals surface area contributed by atoms with Crippen LogP contribution in [0.15, 0.2) is 46.0 Å². The third-order valence-corrected chi connectivity index (χ3v) is 10.1. The average molecular weight is 547 g/mol. The highest BCUT2D eigenvalue weighted by molar-refractivity contribution is 7.91. The van der Waals surface area contributed by atoms with Crippen LogP contribution >= 0.6 is 11.3 Å². The van der Waals surface area contributed by atoms with Crippen LogP contribution in [0.25, 0.3) is 0 Å². The highest BCUT2D eigenvalue weighted by Gasteiger charge is 2.51. The maximum atomic E-state index is 13.3. The van der Waals surface area contributed by atoms with Gasteiger partial charge in [0.05, 0.1) is 12.6 Å². The predicted molar refractivity (Wildman–Crippen MR) is 130 cm³/mol. The number of nitrogens with zero attached hydrogens (tertiary/aromatic N) is 3. The van der Waals surface area contributed by atoms with Crippen molar-refractivity contribution in [2.75, 3.05) is 44.2 Å².